The van der Waals surface area contributed by atoms with Crippen molar-refractivity contribution in [3.05, 3.63) is 59.0 Å². The summed E-state index contributed by atoms with van der Waals surface area (Å²) in [6.07, 6.45) is -0.494. The number of carbonyl (C=O) groups is 2. The fourth-order valence-electron chi connectivity index (χ4n) is 3.09. The molecule has 1 aliphatic rings. The second-order valence-corrected chi connectivity index (χ2v) is 7.56. The fraction of sp³-hybridized carbons (Fsp3) is 0.190. The van der Waals surface area contributed by atoms with E-state index in [1.54, 1.807) is 24.9 Å². The van der Waals surface area contributed by atoms with Gasteiger partial charge in [0.05, 0.1) is 11.4 Å². The van der Waals surface area contributed by atoms with E-state index in [0.717, 1.165) is 16.8 Å². The molecule has 2 amide bonds. The molecule has 142 valence electrons. The van der Waals surface area contributed by atoms with Crippen LogP contribution < -0.4 is 15.0 Å². The molecule has 2 aromatic carbocycles. The van der Waals surface area contributed by atoms with Gasteiger partial charge in [-0.3, -0.25) is 14.9 Å². The molecule has 4 rings (SSSR count). The Morgan fingerprint density at radius 1 is 1.25 bits per heavy atom. The number of rotatable bonds is 3. The lowest BCUT2D eigenvalue weighted by molar-refractivity contribution is -0.125. The van der Waals surface area contributed by atoms with Crippen LogP contribution in [0.25, 0.3) is 11.3 Å². The van der Waals surface area contributed by atoms with Gasteiger partial charge in [-0.15, -0.1) is 11.3 Å². The number of hydrogen-bond donors (Lipinski definition) is 1. The van der Waals surface area contributed by atoms with Gasteiger partial charge in [0, 0.05) is 23.6 Å². The number of aryl methyl sites for hydroxylation is 1. The minimum Gasteiger partial charge on any atom is -0.479 e. The zero-order valence-corrected chi connectivity index (χ0v) is 16.5. The highest BCUT2D eigenvalue weighted by Crippen LogP contribution is 2.37. The monoisotopic (exact) mass is 393 g/mol. The number of hydrogen-bond acceptors (Lipinski definition) is 5. The highest BCUT2D eigenvalue weighted by atomic mass is 32.1. The van der Waals surface area contributed by atoms with Gasteiger partial charge in [0.1, 0.15) is 5.75 Å². The SMILES string of the molecule is Cc1cccc(C(=O)Nc2nc(-c3ccc4c(c3)N(C)C(=O)[C@@H](C)O4)cs2)c1. The Morgan fingerprint density at radius 2 is 2.07 bits per heavy atom. The molecule has 0 spiro atoms. The van der Waals surface area contributed by atoms with Crippen LogP contribution >= 0.6 is 11.3 Å². The molecule has 0 aliphatic carbocycles. The van der Waals surface area contributed by atoms with E-state index in [4.69, 9.17) is 4.74 Å². The van der Waals surface area contributed by atoms with Gasteiger partial charge in [0.2, 0.25) is 0 Å². The Labute approximate surface area is 166 Å². The van der Waals surface area contributed by atoms with Gasteiger partial charge < -0.3 is 9.64 Å². The number of nitrogens with zero attached hydrogens (tertiary/aromatic N) is 2. The molecule has 1 N–H and O–H groups in total. The minimum absolute atomic E-state index is 0.0889. The second-order valence-electron chi connectivity index (χ2n) is 6.70. The molecule has 0 bridgehead atoms. The number of fused-ring (bicyclic) bond motifs is 1. The number of aromatic nitrogens is 1. The summed E-state index contributed by atoms with van der Waals surface area (Å²) in [4.78, 5) is 30.7. The first-order chi connectivity index (χ1) is 13.4. The summed E-state index contributed by atoms with van der Waals surface area (Å²) >= 11 is 1.36. The summed E-state index contributed by atoms with van der Waals surface area (Å²) in [5.74, 6) is 0.387. The van der Waals surface area contributed by atoms with Crippen LogP contribution in [0.15, 0.2) is 47.8 Å². The molecule has 1 atom stereocenters. The van der Waals surface area contributed by atoms with Crippen molar-refractivity contribution in [2.75, 3.05) is 17.3 Å². The summed E-state index contributed by atoms with van der Waals surface area (Å²) in [7, 11) is 1.73. The number of carbonyl (C=O) groups excluding carboxylic acids is 2. The van der Waals surface area contributed by atoms with E-state index in [0.29, 0.717) is 22.1 Å². The Kier molecular flexibility index (Phi) is 4.60. The van der Waals surface area contributed by atoms with E-state index < -0.39 is 6.10 Å². The van der Waals surface area contributed by atoms with Gasteiger partial charge in [0.15, 0.2) is 11.2 Å². The highest BCUT2D eigenvalue weighted by Gasteiger charge is 2.29. The number of likely N-dealkylation sites (N-methyl/N-ethyl adjacent to an activating group) is 1. The molecule has 0 fully saturated rings. The van der Waals surface area contributed by atoms with Crippen molar-refractivity contribution in [1.82, 2.24) is 4.98 Å². The Bertz CT molecular complexity index is 1080. The fourth-order valence-corrected chi connectivity index (χ4v) is 3.80. The summed E-state index contributed by atoms with van der Waals surface area (Å²) < 4.78 is 5.66. The van der Waals surface area contributed by atoms with Gasteiger partial charge >= 0.3 is 0 Å². The summed E-state index contributed by atoms with van der Waals surface area (Å²) in [5.41, 5.74) is 3.91. The molecular weight excluding hydrogens is 374 g/mol. The van der Waals surface area contributed by atoms with Gasteiger partial charge in [-0.05, 0) is 44.2 Å². The Hall–Kier alpha value is -3.19. The maximum atomic E-state index is 12.4. The van der Waals surface area contributed by atoms with Crippen molar-refractivity contribution in [3.63, 3.8) is 0 Å². The third-order valence-electron chi connectivity index (χ3n) is 4.60. The van der Waals surface area contributed by atoms with Crippen LogP contribution in [0.2, 0.25) is 0 Å². The first kappa shape index (κ1) is 18.2. The second kappa shape index (κ2) is 7.09. The maximum absolute atomic E-state index is 12.4. The van der Waals surface area contributed by atoms with E-state index in [1.807, 2.05) is 48.7 Å². The van der Waals surface area contributed by atoms with Crippen molar-refractivity contribution in [1.29, 1.82) is 0 Å². The van der Waals surface area contributed by atoms with Crippen LogP contribution in [0.1, 0.15) is 22.8 Å². The van der Waals surface area contributed by atoms with E-state index in [9.17, 15) is 9.59 Å². The van der Waals surface area contributed by atoms with Gasteiger partial charge in [0.25, 0.3) is 11.8 Å². The van der Waals surface area contributed by atoms with Crippen molar-refractivity contribution < 1.29 is 14.3 Å². The smallest absolute Gasteiger partial charge is 0.267 e. The molecule has 0 unspecified atom stereocenters. The van der Waals surface area contributed by atoms with E-state index in [1.165, 1.54) is 11.3 Å². The van der Waals surface area contributed by atoms with Crippen LogP contribution in [0.3, 0.4) is 0 Å². The molecular formula is C21H19N3O3S. The van der Waals surface area contributed by atoms with Crippen molar-refractivity contribution >= 4 is 34.0 Å². The Balaban J connectivity index is 1.57. The molecule has 1 aliphatic heterocycles. The summed E-state index contributed by atoms with van der Waals surface area (Å²) in [6.45, 7) is 3.68. The summed E-state index contributed by atoms with van der Waals surface area (Å²) in [6, 6.07) is 13.0. The van der Waals surface area contributed by atoms with E-state index in [2.05, 4.69) is 10.3 Å². The van der Waals surface area contributed by atoms with Crippen molar-refractivity contribution in [3.8, 4) is 17.0 Å². The van der Waals surface area contributed by atoms with Crippen LogP contribution in [0, 0.1) is 6.92 Å². The first-order valence-electron chi connectivity index (χ1n) is 8.84. The maximum Gasteiger partial charge on any atom is 0.267 e. The number of amides is 2. The average molecular weight is 393 g/mol. The van der Waals surface area contributed by atoms with Crippen LogP contribution in [0.5, 0.6) is 5.75 Å². The first-order valence-corrected chi connectivity index (χ1v) is 9.72. The predicted molar refractivity (Wildman–Crippen MR) is 110 cm³/mol. The molecule has 6 nitrogen and oxygen atoms in total. The lowest BCUT2D eigenvalue weighted by Crippen LogP contribution is -2.41. The van der Waals surface area contributed by atoms with Gasteiger partial charge in [-0.2, -0.15) is 0 Å². The molecule has 28 heavy (non-hydrogen) atoms. The van der Waals surface area contributed by atoms with Crippen molar-refractivity contribution in [2.45, 2.75) is 20.0 Å². The number of benzene rings is 2. The van der Waals surface area contributed by atoms with Crippen LogP contribution in [-0.4, -0.2) is 29.9 Å². The predicted octanol–water partition coefficient (Wildman–Crippen LogP) is 4.11. The highest BCUT2D eigenvalue weighted by molar-refractivity contribution is 7.14. The molecule has 3 aromatic rings. The molecule has 0 radical (unpaired) electrons. The number of nitrogens with one attached hydrogen (secondary N) is 1. The molecule has 2 heterocycles. The largest absolute Gasteiger partial charge is 0.479 e. The average Bonchev–Trinajstić information content (AvgIpc) is 3.14. The zero-order valence-electron chi connectivity index (χ0n) is 15.7. The molecule has 0 saturated carbocycles. The third-order valence-corrected chi connectivity index (χ3v) is 5.36. The molecule has 7 heteroatoms. The topological polar surface area (TPSA) is 71.5 Å². The zero-order chi connectivity index (χ0) is 19.8. The van der Waals surface area contributed by atoms with Crippen LogP contribution in [-0.2, 0) is 4.79 Å². The normalized spacial score (nSPS) is 15.8. The van der Waals surface area contributed by atoms with E-state index >= 15 is 0 Å². The minimum atomic E-state index is -0.494. The van der Waals surface area contributed by atoms with Gasteiger partial charge in [-0.1, -0.05) is 17.7 Å². The number of anilines is 2. The number of ether oxygens (including phenoxy) is 1. The molecule has 0 saturated heterocycles. The summed E-state index contributed by atoms with van der Waals surface area (Å²) in [5, 5.41) is 5.24. The third kappa shape index (κ3) is 3.36. The van der Waals surface area contributed by atoms with E-state index in [-0.39, 0.29) is 11.8 Å². The molecule has 1 aromatic heterocycles. The standard InChI is InChI=1S/C21H19N3O3S/c1-12-5-4-6-15(9-12)19(25)23-21-22-16(11-28-21)14-7-8-18-17(10-14)24(3)20(26)13(2)27-18/h4-11,13H,1-3H3,(H,22,23,25)/t13-/m1/s1. The van der Waals surface area contributed by atoms with Crippen LogP contribution in [0.4, 0.5) is 10.8 Å². The lowest BCUT2D eigenvalue weighted by Gasteiger charge is -2.30. The lowest BCUT2D eigenvalue weighted by atomic mass is 10.1. The van der Waals surface area contributed by atoms with Gasteiger partial charge in [-0.25, -0.2) is 4.98 Å². The Morgan fingerprint density at radius 3 is 2.86 bits per heavy atom. The van der Waals surface area contributed by atoms with Crippen molar-refractivity contribution in [2.24, 2.45) is 0 Å². The number of thiazole rings is 1. The quantitative estimate of drug-likeness (QED) is 0.727.